The molecule has 0 radical (unpaired) electrons. The number of carbonyl (C=O) groups is 2. The SMILES string of the molecule is O=C(NC(Cc1ccccc1)C(=O)NCCOc1ccccc1)OCc1ccccc1. The minimum absolute atomic E-state index is 0.136. The zero-order valence-corrected chi connectivity index (χ0v) is 17.2. The zero-order valence-electron chi connectivity index (χ0n) is 17.2. The Bertz CT molecular complexity index is 934. The van der Waals surface area contributed by atoms with Crippen LogP contribution in [0.2, 0.25) is 0 Å². The molecule has 0 bridgehead atoms. The van der Waals surface area contributed by atoms with Crippen molar-refractivity contribution in [3.8, 4) is 5.75 Å². The molecule has 2 amide bonds. The highest BCUT2D eigenvalue weighted by atomic mass is 16.5. The lowest BCUT2D eigenvalue weighted by molar-refractivity contribution is -0.123. The Morgan fingerprint density at radius 3 is 2.00 bits per heavy atom. The van der Waals surface area contributed by atoms with Crippen LogP contribution in [0, 0.1) is 0 Å². The molecule has 160 valence electrons. The first-order valence-electron chi connectivity index (χ1n) is 10.2. The Labute approximate surface area is 182 Å². The molecule has 2 N–H and O–H groups in total. The molecule has 3 aromatic carbocycles. The summed E-state index contributed by atoms with van der Waals surface area (Å²) in [5.41, 5.74) is 1.81. The third kappa shape index (κ3) is 7.85. The summed E-state index contributed by atoms with van der Waals surface area (Å²) < 4.78 is 10.9. The first kappa shape index (κ1) is 21.9. The molecule has 31 heavy (non-hydrogen) atoms. The summed E-state index contributed by atoms with van der Waals surface area (Å²) in [7, 11) is 0. The zero-order chi connectivity index (χ0) is 21.7. The maximum absolute atomic E-state index is 12.7. The van der Waals surface area contributed by atoms with Gasteiger partial charge in [-0.2, -0.15) is 0 Å². The van der Waals surface area contributed by atoms with Gasteiger partial charge >= 0.3 is 6.09 Å². The molecule has 1 unspecified atom stereocenters. The second-order valence-corrected chi connectivity index (χ2v) is 6.90. The fourth-order valence-electron chi connectivity index (χ4n) is 2.95. The van der Waals surface area contributed by atoms with Crippen LogP contribution in [0.25, 0.3) is 0 Å². The third-order valence-corrected chi connectivity index (χ3v) is 4.52. The minimum atomic E-state index is -0.762. The van der Waals surface area contributed by atoms with Crippen LogP contribution in [-0.4, -0.2) is 31.2 Å². The first-order valence-corrected chi connectivity index (χ1v) is 10.2. The summed E-state index contributed by atoms with van der Waals surface area (Å²) in [5.74, 6) is 0.442. The van der Waals surface area contributed by atoms with Gasteiger partial charge in [-0.3, -0.25) is 4.79 Å². The van der Waals surface area contributed by atoms with E-state index in [1.165, 1.54) is 0 Å². The summed E-state index contributed by atoms with van der Waals surface area (Å²) in [4.78, 5) is 25.0. The van der Waals surface area contributed by atoms with Gasteiger partial charge in [0.05, 0.1) is 6.54 Å². The molecule has 0 heterocycles. The molecule has 3 aromatic rings. The second-order valence-electron chi connectivity index (χ2n) is 6.90. The number of ether oxygens (including phenoxy) is 2. The molecule has 0 fully saturated rings. The molecule has 6 nitrogen and oxygen atoms in total. The van der Waals surface area contributed by atoms with E-state index in [0.717, 1.165) is 16.9 Å². The van der Waals surface area contributed by atoms with Gasteiger partial charge in [-0.05, 0) is 23.3 Å². The molecular weight excluding hydrogens is 392 g/mol. The monoisotopic (exact) mass is 418 g/mol. The lowest BCUT2D eigenvalue weighted by atomic mass is 10.1. The van der Waals surface area contributed by atoms with Gasteiger partial charge in [0.25, 0.3) is 0 Å². The van der Waals surface area contributed by atoms with Crippen molar-refractivity contribution >= 4 is 12.0 Å². The average Bonchev–Trinajstić information content (AvgIpc) is 2.82. The van der Waals surface area contributed by atoms with Gasteiger partial charge in [0.1, 0.15) is 25.0 Å². The number of carbonyl (C=O) groups excluding carboxylic acids is 2. The van der Waals surface area contributed by atoms with E-state index >= 15 is 0 Å². The maximum Gasteiger partial charge on any atom is 0.408 e. The lowest BCUT2D eigenvalue weighted by Crippen LogP contribution is -2.48. The Morgan fingerprint density at radius 1 is 0.774 bits per heavy atom. The maximum atomic E-state index is 12.7. The van der Waals surface area contributed by atoms with Crippen LogP contribution in [0.3, 0.4) is 0 Å². The van der Waals surface area contributed by atoms with E-state index in [2.05, 4.69) is 10.6 Å². The fourth-order valence-corrected chi connectivity index (χ4v) is 2.95. The van der Waals surface area contributed by atoms with Crippen LogP contribution < -0.4 is 15.4 Å². The molecular formula is C25H26N2O4. The Hall–Kier alpha value is -3.80. The normalized spacial score (nSPS) is 11.2. The number of benzene rings is 3. The number of alkyl carbamates (subject to hydrolysis) is 1. The van der Waals surface area contributed by atoms with Gasteiger partial charge in [0.2, 0.25) is 5.91 Å². The highest BCUT2D eigenvalue weighted by Crippen LogP contribution is 2.08. The Kier molecular flexibility index (Phi) is 8.49. The quantitative estimate of drug-likeness (QED) is 0.492. The van der Waals surface area contributed by atoms with E-state index in [-0.39, 0.29) is 12.5 Å². The van der Waals surface area contributed by atoms with E-state index in [1.807, 2.05) is 91.0 Å². The molecule has 0 aliphatic heterocycles. The van der Waals surface area contributed by atoms with Crippen molar-refractivity contribution in [3.63, 3.8) is 0 Å². The molecule has 0 aromatic heterocycles. The summed E-state index contributed by atoms with van der Waals surface area (Å²) in [6, 6.07) is 27.5. The average molecular weight is 418 g/mol. The highest BCUT2D eigenvalue weighted by molar-refractivity contribution is 5.85. The van der Waals surface area contributed by atoms with Gasteiger partial charge in [-0.1, -0.05) is 78.9 Å². The third-order valence-electron chi connectivity index (χ3n) is 4.52. The molecule has 0 aliphatic carbocycles. The lowest BCUT2D eigenvalue weighted by Gasteiger charge is -2.19. The summed E-state index contributed by atoms with van der Waals surface area (Å²) in [6.07, 6.45) is -0.285. The van der Waals surface area contributed by atoms with Crippen LogP contribution in [0.5, 0.6) is 5.75 Å². The largest absolute Gasteiger partial charge is 0.492 e. The molecule has 1 atom stereocenters. The molecule has 3 rings (SSSR count). The van der Waals surface area contributed by atoms with Gasteiger partial charge in [0.15, 0.2) is 0 Å². The van der Waals surface area contributed by atoms with E-state index in [0.29, 0.717) is 19.6 Å². The number of amides is 2. The number of hydrogen-bond donors (Lipinski definition) is 2. The van der Waals surface area contributed by atoms with Crippen molar-refractivity contribution < 1.29 is 19.1 Å². The number of rotatable bonds is 10. The Balaban J connectivity index is 1.52. The highest BCUT2D eigenvalue weighted by Gasteiger charge is 2.21. The second kappa shape index (κ2) is 12.0. The molecule has 0 saturated heterocycles. The molecule has 0 saturated carbocycles. The fraction of sp³-hybridized carbons (Fsp3) is 0.200. The van der Waals surface area contributed by atoms with Crippen molar-refractivity contribution in [1.82, 2.24) is 10.6 Å². The van der Waals surface area contributed by atoms with E-state index in [1.54, 1.807) is 0 Å². The van der Waals surface area contributed by atoms with Crippen LogP contribution >= 0.6 is 0 Å². The number of nitrogens with one attached hydrogen (secondary N) is 2. The van der Waals surface area contributed by atoms with E-state index in [9.17, 15) is 9.59 Å². The standard InChI is InChI=1S/C25H26N2O4/c28-24(26-16-17-30-22-14-8-3-9-15-22)23(18-20-10-4-1-5-11-20)27-25(29)31-19-21-12-6-2-7-13-21/h1-15,23H,16-19H2,(H,26,28)(H,27,29). The topological polar surface area (TPSA) is 76.7 Å². The molecule has 0 spiro atoms. The van der Waals surface area contributed by atoms with Crippen molar-refractivity contribution in [2.45, 2.75) is 19.1 Å². The van der Waals surface area contributed by atoms with Crippen LogP contribution in [0.4, 0.5) is 4.79 Å². The van der Waals surface area contributed by atoms with Crippen molar-refractivity contribution in [2.24, 2.45) is 0 Å². The van der Waals surface area contributed by atoms with Crippen molar-refractivity contribution in [3.05, 3.63) is 102 Å². The smallest absolute Gasteiger partial charge is 0.408 e. The molecule has 6 heteroatoms. The van der Waals surface area contributed by atoms with Crippen LogP contribution in [-0.2, 0) is 22.6 Å². The van der Waals surface area contributed by atoms with Gasteiger partial charge in [-0.25, -0.2) is 4.79 Å². The predicted octanol–water partition coefficient (Wildman–Crippen LogP) is 3.72. The number of hydrogen-bond acceptors (Lipinski definition) is 4. The summed E-state index contributed by atoms with van der Waals surface area (Å²) >= 11 is 0. The van der Waals surface area contributed by atoms with E-state index < -0.39 is 12.1 Å². The first-order chi connectivity index (χ1) is 15.2. The number of para-hydroxylation sites is 1. The predicted molar refractivity (Wildman–Crippen MR) is 119 cm³/mol. The molecule has 0 aliphatic rings. The van der Waals surface area contributed by atoms with Crippen molar-refractivity contribution in [2.75, 3.05) is 13.2 Å². The summed E-state index contributed by atoms with van der Waals surface area (Å²) in [5, 5.41) is 5.50. The van der Waals surface area contributed by atoms with Crippen molar-refractivity contribution in [1.29, 1.82) is 0 Å². The van der Waals surface area contributed by atoms with Crippen LogP contribution in [0.1, 0.15) is 11.1 Å². The Morgan fingerprint density at radius 2 is 1.35 bits per heavy atom. The van der Waals surface area contributed by atoms with Gasteiger partial charge in [0, 0.05) is 6.42 Å². The van der Waals surface area contributed by atoms with Crippen LogP contribution in [0.15, 0.2) is 91.0 Å². The van der Waals surface area contributed by atoms with Gasteiger partial charge in [-0.15, -0.1) is 0 Å². The minimum Gasteiger partial charge on any atom is -0.492 e. The van der Waals surface area contributed by atoms with Gasteiger partial charge < -0.3 is 20.1 Å². The van der Waals surface area contributed by atoms with E-state index in [4.69, 9.17) is 9.47 Å². The summed E-state index contributed by atoms with van der Waals surface area (Å²) in [6.45, 7) is 0.781.